The van der Waals surface area contributed by atoms with Crippen LogP contribution in [0.4, 0.5) is 0 Å². The Labute approximate surface area is 117 Å². The third kappa shape index (κ3) is 2.30. The van der Waals surface area contributed by atoms with Crippen LogP contribution in [0.2, 0.25) is 0 Å². The van der Waals surface area contributed by atoms with Crippen LogP contribution < -0.4 is 5.32 Å². The first kappa shape index (κ1) is 12.8. The number of amides is 1. The first-order valence-electron chi connectivity index (χ1n) is 6.67. The summed E-state index contributed by atoms with van der Waals surface area (Å²) in [4.78, 5) is 23.0. The fourth-order valence-electron chi connectivity index (χ4n) is 2.51. The van der Waals surface area contributed by atoms with Crippen molar-refractivity contribution in [1.82, 2.24) is 24.8 Å². The number of aryl methyl sites for hydroxylation is 1. The van der Waals surface area contributed by atoms with Crippen molar-refractivity contribution in [3.63, 3.8) is 0 Å². The second kappa shape index (κ2) is 5.42. The van der Waals surface area contributed by atoms with Gasteiger partial charge in [0.05, 0.1) is 0 Å². The van der Waals surface area contributed by atoms with E-state index in [1.807, 2.05) is 34.8 Å². The zero-order valence-corrected chi connectivity index (χ0v) is 11.4. The zero-order chi connectivity index (χ0) is 13.9. The maximum atomic E-state index is 12.6. The highest BCUT2D eigenvalue weighted by Gasteiger charge is 2.31. The van der Waals surface area contributed by atoms with Gasteiger partial charge in [0, 0.05) is 45.3 Å². The molecule has 0 aromatic carbocycles. The number of pyridine rings is 1. The van der Waals surface area contributed by atoms with Gasteiger partial charge in [-0.25, -0.2) is 4.98 Å². The van der Waals surface area contributed by atoms with Crippen molar-refractivity contribution in [3.05, 3.63) is 48.3 Å². The third-order valence-electron chi connectivity index (χ3n) is 3.54. The maximum absolute atomic E-state index is 12.6. The smallest absolute Gasteiger partial charge is 0.273 e. The van der Waals surface area contributed by atoms with Gasteiger partial charge in [0.25, 0.3) is 5.91 Å². The van der Waals surface area contributed by atoms with E-state index in [1.165, 1.54) is 0 Å². The summed E-state index contributed by atoms with van der Waals surface area (Å²) in [7, 11) is 1.94. The van der Waals surface area contributed by atoms with Gasteiger partial charge in [-0.15, -0.1) is 0 Å². The summed E-state index contributed by atoms with van der Waals surface area (Å²) >= 11 is 0. The Morgan fingerprint density at radius 2 is 2.25 bits per heavy atom. The molecule has 1 aliphatic rings. The molecule has 1 amide bonds. The van der Waals surface area contributed by atoms with Crippen LogP contribution in [-0.2, 0) is 7.05 Å². The Hall–Kier alpha value is -2.21. The molecule has 6 nitrogen and oxygen atoms in total. The van der Waals surface area contributed by atoms with Crippen molar-refractivity contribution < 1.29 is 4.79 Å². The minimum Gasteiger partial charge on any atom is -0.336 e. The van der Waals surface area contributed by atoms with Gasteiger partial charge < -0.3 is 14.8 Å². The Kier molecular flexibility index (Phi) is 3.47. The third-order valence-corrected chi connectivity index (χ3v) is 3.54. The summed E-state index contributed by atoms with van der Waals surface area (Å²) < 4.78 is 1.95. The molecule has 1 fully saturated rings. The van der Waals surface area contributed by atoms with Crippen LogP contribution in [0.15, 0.2) is 36.8 Å². The minimum absolute atomic E-state index is 0.0416. The highest BCUT2D eigenvalue weighted by Crippen LogP contribution is 2.22. The quantitative estimate of drug-likeness (QED) is 0.869. The van der Waals surface area contributed by atoms with E-state index in [9.17, 15) is 4.79 Å². The molecule has 1 atom stereocenters. The van der Waals surface area contributed by atoms with E-state index in [0.717, 1.165) is 12.4 Å². The maximum Gasteiger partial charge on any atom is 0.273 e. The molecule has 3 heterocycles. The van der Waals surface area contributed by atoms with Gasteiger partial charge in [-0.05, 0) is 12.1 Å². The van der Waals surface area contributed by atoms with Gasteiger partial charge in [0.15, 0.2) is 0 Å². The van der Waals surface area contributed by atoms with E-state index in [2.05, 4.69) is 15.3 Å². The summed E-state index contributed by atoms with van der Waals surface area (Å²) in [6.45, 7) is 2.16. The SMILES string of the molecule is Cn1ccnc1C1CNCCN1C(=O)c1ccccn1. The number of hydrogen-bond acceptors (Lipinski definition) is 4. The van der Waals surface area contributed by atoms with Crippen molar-refractivity contribution in [3.8, 4) is 0 Å². The summed E-state index contributed by atoms with van der Waals surface area (Å²) in [6, 6.07) is 5.33. The number of carbonyl (C=O) groups is 1. The number of imidazole rings is 1. The standard InChI is InChI=1S/C14H17N5O/c1-18-8-7-17-13(18)12-10-15-6-9-19(12)14(20)11-4-2-3-5-16-11/h2-5,7-8,12,15H,6,9-10H2,1H3. The van der Waals surface area contributed by atoms with E-state index in [-0.39, 0.29) is 11.9 Å². The molecule has 104 valence electrons. The first-order chi connectivity index (χ1) is 9.77. The Bertz CT molecular complexity index is 595. The second-order valence-electron chi connectivity index (χ2n) is 4.83. The molecule has 0 bridgehead atoms. The molecule has 0 spiro atoms. The van der Waals surface area contributed by atoms with Crippen LogP contribution in [0.1, 0.15) is 22.4 Å². The molecule has 0 aliphatic carbocycles. The van der Waals surface area contributed by atoms with E-state index < -0.39 is 0 Å². The number of hydrogen-bond donors (Lipinski definition) is 1. The minimum atomic E-state index is -0.0572. The summed E-state index contributed by atoms with van der Waals surface area (Å²) in [5, 5.41) is 3.32. The molecule has 20 heavy (non-hydrogen) atoms. The molecule has 1 saturated heterocycles. The molecule has 0 radical (unpaired) electrons. The zero-order valence-electron chi connectivity index (χ0n) is 11.4. The van der Waals surface area contributed by atoms with Crippen molar-refractivity contribution >= 4 is 5.91 Å². The largest absolute Gasteiger partial charge is 0.336 e. The molecule has 6 heteroatoms. The van der Waals surface area contributed by atoms with Crippen LogP contribution >= 0.6 is 0 Å². The summed E-state index contributed by atoms with van der Waals surface area (Å²) in [5.41, 5.74) is 0.480. The van der Waals surface area contributed by atoms with E-state index in [0.29, 0.717) is 18.8 Å². The second-order valence-corrected chi connectivity index (χ2v) is 4.83. The van der Waals surface area contributed by atoms with E-state index in [1.54, 1.807) is 18.5 Å². The van der Waals surface area contributed by atoms with Crippen LogP contribution in [0, 0.1) is 0 Å². The number of nitrogens with one attached hydrogen (secondary N) is 1. The van der Waals surface area contributed by atoms with Crippen molar-refractivity contribution in [1.29, 1.82) is 0 Å². The van der Waals surface area contributed by atoms with Crippen molar-refractivity contribution in [2.75, 3.05) is 19.6 Å². The normalized spacial score (nSPS) is 19.1. The summed E-state index contributed by atoms with van der Waals surface area (Å²) in [5.74, 6) is 0.849. The van der Waals surface area contributed by atoms with Crippen LogP contribution in [0.25, 0.3) is 0 Å². The lowest BCUT2D eigenvalue weighted by Crippen LogP contribution is -2.49. The Morgan fingerprint density at radius 1 is 1.35 bits per heavy atom. The molecule has 2 aromatic heterocycles. The predicted molar refractivity (Wildman–Crippen MR) is 74.1 cm³/mol. The fraction of sp³-hybridized carbons (Fsp3) is 0.357. The number of rotatable bonds is 2. The van der Waals surface area contributed by atoms with Gasteiger partial charge in [-0.3, -0.25) is 9.78 Å². The molecule has 3 rings (SSSR count). The van der Waals surface area contributed by atoms with Gasteiger partial charge in [0.1, 0.15) is 17.6 Å². The molecule has 0 saturated carbocycles. The Morgan fingerprint density at radius 3 is 2.95 bits per heavy atom. The van der Waals surface area contributed by atoms with Crippen LogP contribution in [0.3, 0.4) is 0 Å². The predicted octanol–water partition coefficient (Wildman–Crippen LogP) is 0.602. The monoisotopic (exact) mass is 271 g/mol. The van der Waals surface area contributed by atoms with Crippen LogP contribution in [-0.4, -0.2) is 45.0 Å². The number of piperazine rings is 1. The highest BCUT2D eigenvalue weighted by molar-refractivity contribution is 5.92. The first-order valence-corrected chi connectivity index (χ1v) is 6.67. The molecule has 1 N–H and O–H groups in total. The molecule has 1 unspecified atom stereocenters. The number of nitrogens with zero attached hydrogens (tertiary/aromatic N) is 4. The number of carbonyl (C=O) groups excluding carboxylic acids is 1. The fourth-order valence-corrected chi connectivity index (χ4v) is 2.51. The van der Waals surface area contributed by atoms with Crippen molar-refractivity contribution in [2.24, 2.45) is 7.05 Å². The molecule has 1 aliphatic heterocycles. The molecular formula is C14H17N5O. The Balaban J connectivity index is 1.90. The average Bonchev–Trinajstić information content (AvgIpc) is 2.93. The highest BCUT2D eigenvalue weighted by atomic mass is 16.2. The molecule has 2 aromatic rings. The van der Waals surface area contributed by atoms with Gasteiger partial charge in [-0.2, -0.15) is 0 Å². The van der Waals surface area contributed by atoms with E-state index >= 15 is 0 Å². The van der Waals surface area contributed by atoms with E-state index in [4.69, 9.17) is 0 Å². The topological polar surface area (TPSA) is 63.1 Å². The van der Waals surface area contributed by atoms with Gasteiger partial charge >= 0.3 is 0 Å². The van der Waals surface area contributed by atoms with Crippen LogP contribution in [0.5, 0.6) is 0 Å². The number of aromatic nitrogens is 3. The summed E-state index contributed by atoms with van der Waals surface area (Å²) in [6.07, 6.45) is 5.30. The van der Waals surface area contributed by atoms with Gasteiger partial charge in [0.2, 0.25) is 0 Å². The lowest BCUT2D eigenvalue weighted by molar-refractivity contribution is 0.0615. The average molecular weight is 271 g/mol. The lowest BCUT2D eigenvalue weighted by Gasteiger charge is -2.35. The lowest BCUT2D eigenvalue weighted by atomic mass is 10.1. The van der Waals surface area contributed by atoms with Gasteiger partial charge in [-0.1, -0.05) is 6.07 Å². The van der Waals surface area contributed by atoms with Crippen molar-refractivity contribution in [2.45, 2.75) is 6.04 Å². The molecular weight excluding hydrogens is 254 g/mol.